The van der Waals surface area contributed by atoms with Gasteiger partial charge in [-0.1, -0.05) is 19.8 Å². The van der Waals surface area contributed by atoms with Gasteiger partial charge in [0.25, 0.3) is 0 Å². The Morgan fingerprint density at radius 3 is 2.45 bits per heavy atom. The van der Waals surface area contributed by atoms with Gasteiger partial charge in [-0.2, -0.15) is 13.2 Å². The molecule has 4 nitrogen and oxygen atoms in total. The van der Waals surface area contributed by atoms with Crippen LogP contribution in [-0.2, 0) is 16.2 Å². The Balaban J connectivity index is 3.08. The van der Waals surface area contributed by atoms with Crippen LogP contribution in [0.5, 0.6) is 0 Å². The largest absolute Gasteiger partial charge is 0.419 e. The van der Waals surface area contributed by atoms with E-state index in [9.17, 15) is 26.0 Å². The van der Waals surface area contributed by atoms with Gasteiger partial charge in [-0.15, -0.1) is 0 Å². The van der Waals surface area contributed by atoms with Gasteiger partial charge in [0.15, 0.2) is 0 Å². The van der Waals surface area contributed by atoms with Crippen LogP contribution in [0, 0.1) is 5.82 Å². The molecule has 22 heavy (non-hydrogen) atoms. The molecule has 3 N–H and O–H groups in total. The van der Waals surface area contributed by atoms with E-state index in [1.165, 1.54) is 0 Å². The summed E-state index contributed by atoms with van der Waals surface area (Å²) >= 11 is 0. The van der Waals surface area contributed by atoms with Crippen LogP contribution in [0.25, 0.3) is 0 Å². The van der Waals surface area contributed by atoms with Crippen LogP contribution < -0.4 is 10.5 Å². The SMILES string of the molecule is CCCCC(CN)NS(=O)(=O)c1ccc(F)c(C(F)(F)F)c1. The summed E-state index contributed by atoms with van der Waals surface area (Å²) in [6.45, 7) is 1.93. The van der Waals surface area contributed by atoms with Gasteiger partial charge < -0.3 is 5.73 Å². The highest BCUT2D eigenvalue weighted by Gasteiger charge is 2.35. The first-order valence-electron chi connectivity index (χ1n) is 6.71. The fourth-order valence-corrected chi connectivity index (χ4v) is 3.16. The van der Waals surface area contributed by atoms with Gasteiger partial charge in [0.05, 0.1) is 10.5 Å². The zero-order valence-electron chi connectivity index (χ0n) is 12.0. The number of hydrogen-bond acceptors (Lipinski definition) is 3. The van der Waals surface area contributed by atoms with Crippen LogP contribution in [0.2, 0.25) is 0 Å². The molecule has 1 aromatic carbocycles. The summed E-state index contributed by atoms with van der Waals surface area (Å²) in [6.07, 6.45) is -2.95. The van der Waals surface area contributed by atoms with E-state index in [0.717, 1.165) is 18.9 Å². The molecule has 0 aliphatic carbocycles. The van der Waals surface area contributed by atoms with Crippen LogP contribution in [0.15, 0.2) is 23.1 Å². The Morgan fingerprint density at radius 1 is 1.32 bits per heavy atom. The quantitative estimate of drug-likeness (QED) is 0.748. The Kier molecular flexibility index (Phi) is 6.33. The minimum absolute atomic E-state index is 0.0204. The Hall–Kier alpha value is -1.19. The van der Waals surface area contributed by atoms with E-state index in [-0.39, 0.29) is 12.6 Å². The van der Waals surface area contributed by atoms with Crippen molar-refractivity contribution in [2.24, 2.45) is 5.73 Å². The Labute approximate surface area is 126 Å². The molecule has 1 aromatic rings. The molecule has 0 fully saturated rings. The normalized spacial score (nSPS) is 14.1. The molecule has 0 bridgehead atoms. The summed E-state index contributed by atoms with van der Waals surface area (Å²) in [6, 6.07) is 0.982. The molecule has 9 heteroatoms. The van der Waals surface area contributed by atoms with E-state index in [2.05, 4.69) is 4.72 Å². The summed E-state index contributed by atoms with van der Waals surface area (Å²) in [5.74, 6) is -1.52. The third-order valence-electron chi connectivity index (χ3n) is 3.07. The van der Waals surface area contributed by atoms with Gasteiger partial charge in [0.1, 0.15) is 5.82 Å². The van der Waals surface area contributed by atoms with Gasteiger partial charge in [-0.05, 0) is 24.6 Å². The topological polar surface area (TPSA) is 72.2 Å². The number of nitrogens with two attached hydrogens (primary N) is 1. The van der Waals surface area contributed by atoms with Gasteiger partial charge in [0, 0.05) is 12.6 Å². The van der Waals surface area contributed by atoms with Crippen LogP contribution in [0.1, 0.15) is 31.7 Å². The molecule has 0 spiro atoms. The highest BCUT2D eigenvalue weighted by atomic mass is 32.2. The third-order valence-corrected chi connectivity index (χ3v) is 4.58. The standard InChI is InChI=1S/C13H18F4N2O2S/c1-2-3-4-9(8-18)19-22(20,21)10-5-6-12(14)11(7-10)13(15,16)17/h5-7,9,19H,2-4,8,18H2,1H3. The summed E-state index contributed by atoms with van der Waals surface area (Å²) < 4.78 is 77.6. The molecular formula is C13H18F4N2O2S. The first-order valence-corrected chi connectivity index (χ1v) is 8.19. The fraction of sp³-hybridized carbons (Fsp3) is 0.538. The second-order valence-electron chi connectivity index (χ2n) is 4.84. The Morgan fingerprint density at radius 2 is 1.95 bits per heavy atom. The smallest absolute Gasteiger partial charge is 0.329 e. The van der Waals surface area contributed by atoms with Crippen LogP contribution in [0.4, 0.5) is 17.6 Å². The molecule has 1 unspecified atom stereocenters. The van der Waals surface area contributed by atoms with Gasteiger partial charge in [-0.3, -0.25) is 0 Å². The number of unbranched alkanes of at least 4 members (excludes halogenated alkanes) is 1. The molecule has 0 aromatic heterocycles. The van der Waals surface area contributed by atoms with Crippen molar-refractivity contribution in [3.05, 3.63) is 29.6 Å². The van der Waals surface area contributed by atoms with E-state index in [4.69, 9.17) is 5.73 Å². The second-order valence-corrected chi connectivity index (χ2v) is 6.55. The average Bonchev–Trinajstić information content (AvgIpc) is 2.42. The number of sulfonamides is 1. The number of halogens is 4. The molecule has 0 saturated heterocycles. The zero-order chi connectivity index (χ0) is 17.0. The minimum Gasteiger partial charge on any atom is -0.329 e. The van der Waals surface area contributed by atoms with Crippen molar-refractivity contribution < 1.29 is 26.0 Å². The van der Waals surface area contributed by atoms with E-state index < -0.39 is 38.5 Å². The van der Waals surface area contributed by atoms with Crippen molar-refractivity contribution in [1.82, 2.24) is 4.72 Å². The molecule has 126 valence electrons. The highest BCUT2D eigenvalue weighted by molar-refractivity contribution is 7.89. The maximum absolute atomic E-state index is 13.2. The molecule has 0 amide bonds. The summed E-state index contributed by atoms with van der Waals surface area (Å²) in [7, 11) is -4.20. The van der Waals surface area contributed by atoms with Crippen molar-refractivity contribution in [3.8, 4) is 0 Å². The number of benzene rings is 1. The first-order chi connectivity index (χ1) is 10.1. The monoisotopic (exact) mass is 342 g/mol. The molecule has 0 heterocycles. The van der Waals surface area contributed by atoms with Crippen LogP contribution >= 0.6 is 0 Å². The van der Waals surface area contributed by atoms with E-state index in [0.29, 0.717) is 12.5 Å². The minimum atomic E-state index is -4.97. The maximum Gasteiger partial charge on any atom is 0.419 e. The van der Waals surface area contributed by atoms with Crippen molar-refractivity contribution in [3.63, 3.8) is 0 Å². The van der Waals surface area contributed by atoms with Crippen molar-refractivity contribution in [2.45, 2.75) is 43.3 Å². The molecule has 1 atom stereocenters. The molecule has 0 saturated carbocycles. The third kappa shape index (κ3) is 4.92. The number of alkyl halides is 3. The molecular weight excluding hydrogens is 324 g/mol. The second kappa shape index (κ2) is 7.38. The highest BCUT2D eigenvalue weighted by Crippen LogP contribution is 2.32. The van der Waals surface area contributed by atoms with Gasteiger partial charge >= 0.3 is 6.18 Å². The number of hydrogen-bond donors (Lipinski definition) is 2. The zero-order valence-corrected chi connectivity index (χ0v) is 12.8. The summed E-state index contributed by atoms with van der Waals surface area (Å²) in [5.41, 5.74) is 3.84. The molecule has 1 rings (SSSR count). The predicted molar refractivity (Wildman–Crippen MR) is 74.1 cm³/mol. The lowest BCUT2D eigenvalue weighted by molar-refractivity contribution is -0.140. The van der Waals surface area contributed by atoms with Crippen molar-refractivity contribution in [1.29, 1.82) is 0 Å². The van der Waals surface area contributed by atoms with Crippen LogP contribution in [0.3, 0.4) is 0 Å². The summed E-state index contributed by atoms with van der Waals surface area (Å²) in [4.78, 5) is -0.642. The maximum atomic E-state index is 13.2. The molecule has 0 radical (unpaired) electrons. The van der Waals surface area contributed by atoms with Crippen molar-refractivity contribution >= 4 is 10.0 Å². The Bertz CT molecular complexity index is 603. The fourth-order valence-electron chi connectivity index (χ4n) is 1.85. The van der Waals surface area contributed by atoms with Crippen LogP contribution in [-0.4, -0.2) is 21.0 Å². The lowest BCUT2D eigenvalue weighted by atomic mass is 10.1. The molecule has 0 aliphatic rings. The van der Waals surface area contributed by atoms with E-state index in [1.54, 1.807) is 0 Å². The van der Waals surface area contributed by atoms with E-state index >= 15 is 0 Å². The summed E-state index contributed by atoms with van der Waals surface area (Å²) in [5, 5.41) is 0. The predicted octanol–water partition coefficient (Wildman–Crippen LogP) is 2.64. The lowest BCUT2D eigenvalue weighted by Crippen LogP contribution is -2.40. The number of rotatable bonds is 7. The van der Waals surface area contributed by atoms with E-state index in [1.807, 2.05) is 6.92 Å². The number of nitrogens with one attached hydrogen (secondary N) is 1. The average molecular weight is 342 g/mol. The lowest BCUT2D eigenvalue weighted by Gasteiger charge is -2.17. The van der Waals surface area contributed by atoms with Gasteiger partial charge in [0.2, 0.25) is 10.0 Å². The van der Waals surface area contributed by atoms with Crippen molar-refractivity contribution in [2.75, 3.05) is 6.54 Å². The van der Waals surface area contributed by atoms with Gasteiger partial charge in [-0.25, -0.2) is 17.5 Å². The first kappa shape index (κ1) is 18.9. The molecule has 0 aliphatic heterocycles.